The van der Waals surface area contributed by atoms with Crippen molar-refractivity contribution in [2.24, 2.45) is 0 Å². The first kappa shape index (κ1) is 13.8. The third kappa shape index (κ3) is 3.05. The highest BCUT2D eigenvalue weighted by Crippen LogP contribution is 2.46. The fraction of sp³-hybridized carbons (Fsp3) is 0.500. The van der Waals surface area contributed by atoms with Crippen LogP contribution < -0.4 is 5.32 Å². The van der Waals surface area contributed by atoms with Gasteiger partial charge in [0.05, 0.1) is 9.40 Å². The zero-order valence-electron chi connectivity index (χ0n) is 10.1. The lowest BCUT2D eigenvalue weighted by molar-refractivity contribution is -0.385. The summed E-state index contributed by atoms with van der Waals surface area (Å²) >= 11 is 5.21. The molecule has 0 atom stereocenters. The quantitative estimate of drug-likeness (QED) is 0.642. The Kier molecular flexibility index (Phi) is 4.29. The van der Waals surface area contributed by atoms with E-state index in [-0.39, 0.29) is 10.6 Å². The molecule has 1 saturated carbocycles. The van der Waals surface area contributed by atoms with E-state index >= 15 is 0 Å². The van der Waals surface area contributed by atoms with Crippen LogP contribution >= 0.6 is 27.7 Å². The van der Waals surface area contributed by atoms with Gasteiger partial charge in [0, 0.05) is 23.9 Å². The third-order valence-electron chi connectivity index (χ3n) is 3.26. The maximum atomic E-state index is 10.8. The lowest BCUT2D eigenvalue weighted by Gasteiger charge is -2.13. The monoisotopic (exact) mass is 330 g/mol. The van der Waals surface area contributed by atoms with Crippen LogP contribution in [0.25, 0.3) is 0 Å². The summed E-state index contributed by atoms with van der Waals surface area (Å²) in [6.07, 6.45) is 4.66. The van der Waals surface area contributed by atoms with Crippen molar-refractivity contribution in [3.8, 4) is 0 Å². The summed E-state index contributed by atoms with van der Waals surface area (Å²) in [6, 6.07) is 5.14. The number of thioether (sulfide) groups is 1. The number of nitro benzene ring substituents is 1. The summed E-state index contributed by atoms with van der Waals surface area (Å²) in [6.45, 7) is 1.62. The Morgan fingerprint density at radius 3 is 2.83 bits per heavy atom. The molecule has 4 nitrogen and oxygen atoms in total. The molecule has 0 aliphatic heterocycles. The van der Waals surface area contributed by atoms with Gasteiger partial charge in [0.25, 0.3) is 5.69 Å². The Hall–Kier alpha value is -0.590. The van der Waals surface area contributed by atoms with E-state index in [1.165, 1.54) is 18.9 Å². The molecule has 1 aliphatic carbocycles. The lowest BCUT2D eigenvalue weighted by Crippen LogP contribution is -2.25. The van der Waals surface area contributed by atoms with Crippen molar-refractivity contribution in [3.63, 3.8) is 0 Å². The van der Waals surface area contributed by atoms with E-state index in [1.54, 1.807) is 6.07 Å². The van der Waals surface area contributed by atoms with Crippen molar-refractivity contribution in [1.29, 1.82) is 0 Å². The van der Waals surface area contributed by atoms with Gasteiger partial charge in [-0.25, -0.2) is 0 Å². The molecule has 1 aliphatic rings. The molecule has 6 heteroatoms. The first-order chi connectivity index (χ1) is 8.58. The first-order valence-electron chi connectivity index (χ1n) is 5.76. The second kappa shape index (κ2) is 5.59. The average molecular weight is 331 g/mol. The minimum absolute atomic E-state index is 0.125. The summed E-state index contributed by atoms with van der Waals surface area (Å²) in [5, 5.41) is 14.2. The lowest BCUT2D eigenvalue weighted by atomic mass is 10.2. The van der Waals surface area contributed by atoms with Crippen molar-refractivity contribution < 1.29 is 4.92 Å². The Balaban J connectivity index is 1.97. The van der Waals surface area contributed by atoms with Gasteiger partial charge < -0.3 is 5.32 Å². The van der Waals surface area contributed by atoms with Crippen LogP contribution in [0, 0.1) is 10.1 Å². The molecule has 18 heavy (non-hydrogen) atoms. The first-order valence-corrected chi connectivity index (χ1v) is 7.77. The van der Waals surface area contributed by atoms with E-state index in [0.717, 1.165) is 12.1 Å². The van der Waals surface area contributed by atoms with Gasteiger partial charge in [-0.2, -0.15) is 11.8 Å². The number of rotatable bonds is 6. The summed E-state index contributed by atoms with van der Waals surface area (Å²) in [7, 11) is 0. The molecule has 0 aromatic heterocycles. The summed E-state index contributed by atoms with van der Waals surface area (Å²) in [5.74, 6) is 0. The number of nitro groups is 1. The van der Waals surface area contributed by atoms with E-state index in [4.69, 9.17) is 0 Å². The zero-order chi connectivity index (χ0) is 13.2. The summed E-state index contributed by atoms with van der Waals surface area (Å²) in [5.41, 5.74) is 1.06. The molecule has 1 fully saturated rings. The number of hydrogen-bond donors (Lipinski definition) is 1. The van der Waals surface area contributed by atoms with Gasteiger partial charge in [0.15, 0.2) is 0 Å². The number of halogens is 1. The Labute approximate surface area is 119 Å². The fourth-order valence-electron chi connectivity index (χ4n) is 1.86. The molecule has 0 unspecified atom stereocenters. The van der Waals surface area contributed by atoms with Crippen LogP contribution in [0.5, 0.6) is 0 Å². The Morgan fingerprint density at radius 1 is 1.56 bits per heavy atom. The number of nitrogens with one attached hydrogen (secondary N) is 1. The molecular weight excluding hydrogens is 316 g/mol. The molecular formula is C12H15BrN2O2S. The molecule has 0 amide bonds. The van der Waals surface area contributed by atoms with E-state index in [9.17, 15) is 10.1 Å². The highest BCUT2D eigenvalue weighted by Gasteiger charge is 2.41. The smallest absolute Gasteiger partial charge is 0.283 e. The van der Waals surface area contributed by atoms with Gasteiger partial charge in [0.1, 0.15) is 0 Å². The minimum atomic E-state index is -0.363. The molecule has 0 bridgehead atoms. The second-order valence-electron chi connectivity index (χ2n) is 4.50. The molecule has 2 rings (SSSR count). The summed E-state index contributed by atoms with van der Waals surface area (Å²) in [4.78, 5) is 10.5. The van der Waals surface area contributed by atoms with E-state index in [0.29, 0.717) is 15.8 Å². The highest BCUT2D eigenvalue weighted by molar-refractivity contribution is 9.10. The van der Waals surface area contributed by atoms with Gasteiger partial charge in [-0.05, 0) is 40.6 Å². The molecule has 98 valence electrons. The van der Waals surface area contributed by atoms with Crippen molar-refractivity contribution in [2.75, 3.05) is 12.8 Å². The predicted octanol–water partition coefficient (Wildman–Crippen LogP) is 3.34. The van der Waals surface area contributed by atoms with Crippen LogP contribution in [-0.4, -0.2) is 22.5 Å². The molecule has 1 N–H and O–H groups in total. The minimum Gasteiger partial charge on any atom is -0.311 e. The molecule has 0 spiro atoms. The molecule has 0 radical (unpaired) electrons. The number of hydrogen-bond acceptors (Lipinski definition) is 4. The number of nitrogens with zero attached hydrogens (tertiary/aromatic N) is 1. The van der Waals surface area contributed by atoms with Gasteiger partial charge in [-0.3, -0.25) is 10.1 Å². The van der Waals surface area contributed by atoms with Crippen LogP contribution in [0.3, 0.4) is 0 Å². The molecule has 0 heterocycles. The van der Waals surface area contributed by atoms with Crippen LogP contribution in [0.1, 0.15) is 18.4 Å². The van der Waals surface area contributed by atoms with Gasteiger partial charge in [0.2, 0.25) is 0 Å². The fourth-order valence-corrected chi connectivity index (χ4v) is 3.17. The topological polar surface area (TPSA) is 55.2 Å². The third-order valence-corrected chi connectivity index (χ3v) is 5.59. The predicted molar refractivity (Wildman–Crippen MR) is 78.0 cm³/mol. The Bertz CT molecular complexity index is 463. The van der Waals surface area contributed by atoms with Crippen molar-refractivity contribution in [2.45, 2.75) is 24.1 Å². The van der Waals surface area contributed by atoms with Crippen molar-refractivity contribution in [1.82, 2.24) is 5.32 Å². The van der Waals surface area contributed by atoms with Crippen molar-refractivity contribution >= 4 is 33.4 Å². The molecule has 0 saturated heterocycles. The van der Waals surface area contributed by atoms with Crippen LogP contribution in [0.2, 0.25) is 0 Å². The maximum Gasteiger partial charge on any atom is 0.283 e. The number of benzene rings is 1. The second-order valence-corrected chi connectivity index (χ2v) is 6.57. The largest absolute Gasteiger partial charge is 0.311 e. The Morgan fingerprint density at radius 2 is 2.28 bits per heavy atom. The van der Waals surface area contributed by atoms with Crippen molar-refractivity contribution in [3.05, 3.63) is 38.3 Å². The molecule has 1 aromatic rings. The van der Waals surface area contributed by atoms with Gasteiger partial charge in [-0.1, -0.05) is 12.1 Å². The normalized spacial score (nSPS) is 16.6. The average Bonchev–Trinajstić information content (AvgIpc) is 3.12. The van der Waals surface area contributed by atoms with Crippen LogP contribution in [0.4, 0.5) is 5.69 Å². The van der Waals surface area contributed by atoms with E-state index in [2.05, 4.69) is 27.5 Å². The van der Waals surface area contributed by atoms with E-state index in [1.807, 2.05) is 17.8 Å². The van der Waals surface area contributed by atoms with Gasteiger partial charge >= 0.3 is 0 Å². The SMILES string of the molecule is CSC1(CNCc2cccc([N+](=O)[O-])c2Br)CC1. The summed E-state index contributed by atoms with van der Waals surface area (Å²) < 4.78 is 0.990. The maximum absolute atomic E-state index is 10.8. The van der Waals surface area contributed by atoms with Crippen LogP contribution in [0.15, 0.2) is 22.7 Å². The zero-order valence-corrected chi connectivity index (χ0v) is 12.5. The standard InChI is InChI=1S/C12H15BrN2O2S/c1-18-12(5-6-12)8-14-7-9-3-2-4-10(11(9)13)15(16)17/h2-4,14H,5-8H2,1H3. The van der Waals surface area contributed by atoms with Gasteiger partial charge in [-0.15, -0.1) is 0 Å². The highest BCUT2D eigenvalue weighted by atomic mass is 79.9. The van der Waals surface area contributed by atoms with E-state index < -0.39 is 0 Å². The molecule has 1 aromatic carbocycles. The van der Waals surface area contributed by atoms with Crippen LogP contribution in [-0.2, 0) is 6.54 Å².